The molecule has 0 atom stereocenters. The summed E-state index contributed by atoms with van der Waals surface area (Å²) in [7, 11) is -1.26. The third-order valence-electron chi connectivity index (χ3n) is 4.33. The molecule has 2 aromatic heterocycles. The van der Waals surface area contributed by atoms with Crippen molar-refractivity contribution in [1.82, 2.24) is 4.98 Å². The second-order valence-corrected chi connectivity index (χ2v) is 13.0. The van der Waals surface area contributed by atoms with Gasteiger partial charge in [0.15, 0.2) is 0 Å². The number of benzene rings is 2. The highest BCUT2D eigenvalue weighted by molar-refractivity contribution is 7.18. The minimum absolute atomic E-state index is 1.08. The number of rotatable bonds is 2. The topological polar surface area (TPSA) is 12.9 Å². The fourth-order valence-corrected chi connectivity index (χ4v) is 5.09. The zero-order chi connectivity index (χ0) is 16.0. The van der Waals surface area contributed by atoms with Gasteiger partial charge in [-0.25, -0.2) is 4.98 Å². The van der Waals surface area contributed by atoms with Crippen LogP contribution in [0.4, 0.5) is 0 Å². The molecule has 0 unspecified atom stereocenters. The van der Waals surface area contributed by atoms with Crippen LogP contribution in [0.1, 0.15) is 0 Å². The Hall–Kier alpha value is -1.97. The molecule has 4 aromatic rings. The second kappa shape index (κ2) is 5.29. The number of hydrogen-bond donors (Lipinski definition) is 0. The van der Waals surface area contributed by atoms with Crippen LogP contribution in [0.25, 0.3) is 32.2 Å². The van der Waals surface area contributed by atoms with E-state index in [2.05, 4.69) is 79.6 Å². The molecule has 4 rings (SSSR count). The van der Waals surface area contributed by atoms with E-state index in [1.54, 1.807) is 11.3 Å². The van der Waals surface area contributed by atoms with E-state index in [4.69, 9.17) is 4.98 Å². The van der Waals surface area contributed by atoms with Gasteiger partial charge in [0, 0.05) is 21.0 Å². The summed E-state index contributed by atoms with van der Waals surface area (Å²) in [5, 5.41) is 6.16. The zero-order valence-corrected chi connectivity index (χ0v) is 15.4. The first-order valence-corrected chi connectivity index (χ1v) is 12.3. The van der Waals surface area contributed by atoms with Gasteiger partial charge in [-0.2, -0.15) is 0 Å². The van der Waals surface area contributed by atoms with Crippen molar-refractivity contribution in [3.63, 3.8) is 0 Å². The van der Waals surface area contributed by atoms with Crippen molar-refractivity contribution >= 4 is 45.6 Å². The van der Waals surface area contributed by atoms with Crippen LogP contribution in [0.5, 0.6) is 0 Å². The lowest BCUT2D eigenvalue weighted by molar-refractivity contribution is 1.43. The van der Waals surface area contributed by atoms with Gasteiger partial charge in [-0.15, -0.1) is 11.3 Å². The molecule has 0 radical (unpaired) electrons. The van der Waals surface area contributed by atoms with E-state index >= 15 is 0 Å². The van der Waals surface area contributed by atoms with Crippen molar-refractivity contribution in [3.05, 3.63) is 60.0 Å². The number of fused-ring (bicyclic) bond motifs is 3. The van der Waals surface area contributed by atoms with Gasteiger partial charge in [0.1, 0.15) is 0 Å². The lowest BCUT2D eigenvalue weighted by atomic mass is 10.1. The monoisotopic (exact) mass is 333 g/mol. The maximum Gasteiger partial charge on any atom is 0.0796 e. The molecule has 23 heavy (non-hydrogen) atoms. The summed E-state index contributed by atoms with van der Waals surface area (Å²) >= 11 is 1.80. The largest absolute Gasteiger partial charge is 0.247 e. The van der Waals surface area contributed by atoms with Crippen molar-refractivity contribution in [2.24, 2.45) is 0 Å². The van der Waals surface area contributed by atoms with Crippen LogP contribution in [-0.4, -0.2) is 13.1 Å². The smallest absolute Gasteiger partial charge is 0.0796 e. The minimum atomic E-state index is -1.26. The molecule has 0 amide bonds. The van der Waals surface area contributed by atoms with E-state index in [1.165, 1.54) is 26.2 Å². The molecular weight excluding hydrogens is 314 g/mol. The van der Waals surface area contributed by atoms with E-state index in [9.17, 15) is 0 Å². The molecule has 0 aliphatic rings. The lowest BCUT2D eigenvalue weighted by Crippen LogP contribution is -2.37. The lowest BCUT2D eigenvalue weighted by Gasteiger charge is -2.17. The molecule has 0 spiro atoms. The van der Waals surface area contributed by atoms with Gasteiger partial charge < -0.3 is 0 Å². The van der Waals surface area contributed by atoms with E-state index in [-0.39, 0.29) is 0 Å². The van der Waals surface area contributed by atoms with Crippen LogP contribution in [-0.2, 0) is 0 Å². The average molecular weight is 334 g/mol. The molecule has 0 saturated heterocycles. The number of para-hydroxylation sites is 1. The van der Waals surface area contributed by atoms with Gasteiger partial charge >= 0.3 is 0 Å². The van der Waals surface area contributed by atoms with Crippen LogP contribution in [0.2, 0.25) is 19.6 Å². The molecule has 0 fully saturated rings. The maximum absolute atomic E-state index is 4.96. The molecular formula is C20H19NSSi. The third kappa shape index (κ3) is 2.50. The van der Waals surface area contributed by atoms with Crippen LogP contribution in [0.3, 0.4) is 0 Å². The summed E-state index contributed by atoms with van der Waals surface area (Å²) < 4.78 is 1.33. The van der Waals surface area contributed by atoms with Crippen molar-refractivity contribution in [1.29, 1.82) is 0 Å². The third-order valence-corrected chi connectivity index (χ3v) is 7.34. The Morgan fingerprint density at radius 3 is 2.30 bits per heavy atom. The molecule has 0 aliphatic heterocycles. The summed E-state index contributed by atoms with van der Waals surface area (Å²) in [6, 6.07) is 19.7. The molecule has 1 nitrogen and oxygen atoms in total. The van der Waals surface area contributed by atoms with Gasteiger partial charge in [-0.1, -0.05) is 67.3 Å². The number of hydrogen-bond acceptors (Lipinski definition) is 2. The molecule has 3 heteroatoms. The molecule has 2 aromatic carbocycles. The summed E-state index contributed by atoms with van der Waals surface area (Å²) in [5.74, 6) is 0. The Morgan fingerprint density at radius 1 is 0.826 bits per heavy atom. The molecule has 0 saturated carbocycles. The Balaban J connectivity index is 1.95. The zero-order valence-electron chi connectivity index (χ0n) is 13.6. The normalized spacial score (nSPS) is 12.1. The molecule has 0 aliphatic carbocycles. The maximum atomic E-state index is 4.96. The second-order valence-electron chi connectivity index (χ2n) is 6.97. The van der Waals surface area contributed by atoms with Gasteiger partial charge in [0.05, 0.1) is 19.3 Å². The van der Waals surface area contributed by atoms with Gasteiger partial charge in [0.2, 0.25) is 0 Å². The molecule has 0 bridgehead atoms. The van der Waals surface area contributed by atoms with Crippen LogP contribution < -0.4 is 5.19 Å². The van der Waals surface area contributed by atoms with E-state index in [1.807, 2.05) is 0 Å². The summed E-state index contributed by atoms with van der Waals surface area (Å²) in [4.78, 5) is 4.96. The SMILES string of the molecule is C[Si](C)(C)c1ccc(-c2nc3ccccc3c3sccc23)cc1. The van der Waals surface area contributed by atoms with Crippen LogP contribution >= 0.6 is 11.3 Å². The predicted molar refractivity (Wildman–Crippen MR) is 106 cm³/mol. The van der Waals surface area contributed by atoms with Crippen molar-refractivity contribution < 1.29 is 0 Å². The van der Waals surface area contributed by atoms with Crippen LogP contribution in [0.15, 0.2) is 60.0 Å². The summed E-state index contributed by atoms with van der Waals surface area (Å²) in [5.41, 5.74) is 3.38. The molecule has 114 valence electrons. The average Bonchev–Trinajstić information content (AvgIpc) is 3.03. The highest BCUT2D eigenvalue weighted by Gasteiger charge is 2.17. The van der Waals surface area contributed by atoms with Crippen molar-refractivity contribution in [2.45, 2.75) is 19.6 Å². The standard InChI is InChI=1S/C20H19NSSi/c1-23(2,3)15-10-8-14(9-11-15)19-17-12-13-22-20(17)16-6-4-5-7-18(16)21-19/h4-13H,1-3H3. The van der Waals surface area contributed by atoms with E-state index in [0.29, 0.717) is 0 Å². The number of thiophene rings is 1. The highest BCUT2D eigenvalue weighted by Crippen LogP contribution is 2.35. The summed E-state index contributed by atoms with van der Waals surface area (Å²) in [6.45, 7) is 7.15. The summed E-state index contributed by atoms with van der Waals surface area (Å²) in [6.07, 6.45) is 0. The van der Waals surface area contributed by atoms with Crippen molar-refractivity contribution in [3.8, 4) is 11.3 Å². The number of aromatic nitrogens is 1. The first-order valence-electron chi connectivity index (χ1n) is 7.91. The Bertz CT molecular complexity index is 994. The van der Waals surface area contributed by atoms with Crippen LogP contribution in [0, 0.1) is 0 Å². The first kappa shape index (κ1) is 14.6. The number of pyridine rings is 1. The van der Waals surface area contributed by atoms with Gasteiger partial charge in [0.25, 0.3) is 0 Å². The first-order chi connectivity index (χ1) is 11.0. The Morgan fingerprint density at radius 2 is 1.57 bits per heavy atom. The molecule has 0 N–H and O–H groups in total. The van der Waals surface area contributed by atoms with E-state index < -0.39 is 8.07 Å². The quantitative estimate of drug-likeness (QED) is 0.431. The fraction of sp³-hybridized carbons (Fsp3) is 0.150. The fourth-order valence-electron chi connectivity index (χ4n) is 3.00. The highest BCUT2D eigenvalue weighted by atomic mass is 32.1. The van der Waals surface area contributed by atoms with Gasteiger partial charge in [-0.3, -0.25) is 0 Å². The van der Waals surface area contributed by atoms with Crippen molar-refractivity contribution in [2.75, 3.05) is 0 Å². The number of nitrogens with zero attached hydrogens (tertiary/aromatic N) is 1. The molecule has 2 heterocycles. The Labute approximate surface area is 141 Å². The minimum Gasteiger partial charge on any atom is -0.247 e. The Kier molecular flexibility index (Phi) is 3.36. The van der Waals surface area contributed by atoms with E-state index in [0.717, 1.165) is 11.2 Å². The predicted octanol–water partition coefficient (Wildman–Crippen LogP) is 5.66. The van der Waals surface area contributed by atoms with Gasteiger partial charge in [-0.05, 0) is 17.5 Å².